The van der Waals surface area contributed by atoms with Crippen molar-refractivity contribution in [3.63, 3.8) is 0 Å². The van der Waals surface area contributed by atoms with Crippen molar-refractivity contribution >= 4 is 21.5 Å². The number of nitrogens with zero attached hydrogens (tertiary/aromatic N) is 3. The van der Waals surface area contributed by atoms with Gasteiger partial charge in [-0.3, -0.25) is 0 Å². The highest BCUT2D eigenvalue weighted by atomic mass is 15.0. The minimum absolute atomic E-state index is 0.102. The molecule has 3 heteroatoms. The first-order valence-electron chi connectivity index (χ1n) is 15.3. The van der Waals surface area contributed by atoms with Gasteiger partial charge in [-0.2, -0.15) is 0 Å². The van der Waals surface area contributed by atoms with Crippen LogP contribution in [0.25, 0.3) is 66.8 Å². The molecule has 0 radical (unpaired) electrons. The summed E-state index contributed by atoms with van der Waals surface area (Å²) in [6, 6.07) is 45.0. The van der Waals surface area contributed by atoms with Crippen molar-refractivity contribution in [2.45, 2.75) is 38.5 Å². The molecular weight excluding hydrogens is 534 g/mol. The molecule has 1 heterocycles. The maximum Gasteiger partial charge on any atom is 0.164 e. The van der Waals surface area contributed by atoms with Crippen molar-refractivity contribution < 1.29 is 0 Å². The summed E-state index contributed by atoms with van der Waals surface area (Å²) in [5.74, 6) is 2.03. The van der Waals surface area contributed by atoms with Crippen molar-refractivity contribution in [1.29, 1.82) is 0 Å². The summed E-state index contributed by atoms with van der Waals surface area (Å²) in [6.45, 7) is 9.54. The van der Waals surface area contributed by atoms with E-state index in [9.17, 15) is 0 Å². The van der Waals surface area contributed by atoms with Gasteiger partial charge in [0.15, 0.2) is 17.5 Å². The normalized spacial score (nSPS) is 14.7. The third-order valence-electron chi connectivity index (χ3n) is 10.1. The van der Waals surface area contributed by atoms with Crippen molar-refractivity contribution in [2.24, 2.45) is 0 Å². The smallest absolute Gasteiger partial charge is 0.164 e. The molecule has 0 unspecified atom stereocenters. The van der Waals surface area contributed by atoms with Gasteiger partial charge in [-0.15, -0.1) is 0 Å². The highest BCUT2D eigenvalue weighted by Crippen LogP contribution is 2.57. The number of benzene rings is 6. The third-order valence-corrected chi connectivity index (χ3v) is 10.1. The van der Waals surface area contributed by atoms with Crippen LogP contribution in [0.1, 0.15) is 38.8 Å². The van der Waals surface area contributed by atoms with Gasteiger partial charge >= 0.3 is 0 Å². The van der Waals surface area contributed by atoms with Gasteiger partial charge in [0.25, 0.3) is 0 Å². The molecule has 0 N–H and O–H groups in total. The predicted molar refractivity (Wildman–Crippen MR) is 183 cm³/mol. The van der Waals surface area contributed by atoms with Crippen LogP contribution in [0.5, 0.6) is 0 Å². The van der Waals surface area contributed by atoms with E-state index in [1.165, 1.54) is 38.4 Å². The molecule has 212 valence electrons. The Hall–Kier alpha value is -5.15. The van der Waals surface area contributed by atoms with Crippen molar-refractivity contribution in [3.05, 3.63) is 139 Å². The van der Waals surface area contributed by atoms with Gasteiger partial charge in [0.05, 0.1) is 0 Å². The van der Waals surface area contributed by atoms with Crippen molar-refractivity contribution in [3.8, 4) is 45.3 Å². The Morgan fingerprint density at radius 2 is 0.977 bits per heavy atom. The number of aromatic nitrogens is 3. The molecule has 1 aromatic heterocycles. The van der Waals surface area contributed by atoms with Gasteiger partial charge in [-0.1, -0.05) is 149 Å². The maximum absolute atomic E-state index is 5.18. The Balaban J connectivity index is 1.53. The van der Waals surface area contributed by atoms with Crippen LogP contribution in [0.2, 0.25) is 0 Å². The van der Waals surface area contributed by atoms with E-state index in [0.29, 0.717) is 17.5 Å². The molecule has 1 aliphatic carbocycles. The molecule has 3 nitrogen and oxygen atoms in total. The van der Waals surface area contributed by atoms with E-state index >= 15 is 0 Å². The summed E-state index contributed by atoms with van der Waals surface area (Å²) >= 11 is 0. The van der Waals surface area contributed by atoms with E-state index in [1.807, 2.05) is 36.4 Å². The van der Waals surface area contributed by atoms with Crippen LogP contribution < -0.4 is 0 Å². The Morgan fingerprint density at radius 3 is 1.66 bits per heavy atom. The second-order valence-electron chi connectivity index (χ2n) is 12.9. The molecular formula is C41H33N3. The minimum Gasteiger partial charge on any atom is -0.208 e. The minimum atomic E-state index is -0.172. The molecule has 44 heavy (non-hydrogen) atoms. The monoisotopic (exact) mass is 567 g/mol. The second-order valence-corrected chi connectivity index (χ2v) is 12.9. The highest BCUT2D eigenvalue weighted by Gasteiger charge is 2.46. The zero-order valence-electron chi connectivity index (χ0n) is 25.5. The molecule has 0 amide bonds. The third kappa shape index (κ3) is 3.85. The van der Waals surface area contributed by atoms with Crippen LogP contribution >= 0.6 is 0 Å². The zero-order chi connectivity index (χ0) is 30.1. The molecule has 0 spiro atoms. The molecule has 0 aliphatic heterocycles. The average molecular weight is 568 g/mol. The lowest BCUT2D eigenvalue weighted by molar-refractivity contribution is 0.299. The predicted octanol–water partition coefficient (Wildman–Crippen LogP) is 10.4. The maximum atomic E-state index is 5.18. The summed E-state index contributed by atoms with van der Waals surface area (Å²) in [7, 11) is 0. The molecule has 6 aromatic carbocycles. The fraction of sp³-hybridized carbons (Fsp3) is 0.146. The van der Waals surface area contributed by atoms with Gasteiger partial charge in [0.2, 0.25) is 0 Å². The van der Waals surface area contributed by atoms with Crippen LogP contribution in [0.15, 0.2) is 127 Å². The van der Waals surface area contributed by atoms with Gasteiger partial charge in [-0.05, 0) is 60.7 Å². The van der Waals surface area contributed by atoms with Crippen LogP contribution in [-0.4, -0.2) is 15.0 Å². The molecule has 0 fully saturated rings. The lowest BCUT2D eigenvalue weighted by Crippen LogP contribution is -2.43. The topological polar surface area (TPSA) is 38.7 Å². The molecule has 0 bridgehead atoms. The van der Waals surface area contributed by atoms with Gasteiger partial charge in [0.1, 0.15) is 0 Å². The van der Waals surface area contributed by atoms with Gasteiger partial charge in [0, 0.05) is 16.7 Å². The largest absolute Gasteiger partial charge is 0.208 e. The molecule has 8 rings (SSSR count). The number of fused-ring (bicyclic) bond motifs is 7. The molecule has 7 aromatic rings. The first-order valence-corrected chi connectivity index (χ1v) is 15.3. The van der Waals surface area contributed by atoms with Crippen molar-refractivity contribution in [2.75, 3.05) is 0 Å². The molecule has 0 saturated heterocycles. The fourth-order valence-corrected chi connectivity index (χ4v) is 7.00. The van der Waals surface area contributed by atoms with E-state index in [0.717, 1.165) is 22.1 Å². The van der Waals surface area contributed by atoms with E-state index in [2.05, 4.69) is 119 Å². The van der Waals surface area contributed by atoms with E-state index in [-0.39, 0.29) is 10.8 Å². The fourth-order valence-electron chi connectivity index (χ4n) is 7.00. The van der Waals surface area contributed by atoms with Crippen LogP contribution in [0.3, 0.4) is 0 Å². The number of hydrogen-bond acceptors (Lipinski definition) is 3. The first-order chi connectivity index (χ1) is 21.3. The number of hydrogen-bond donors (Lipinski definition) is 0. The highest BCUT2D eigenvalue weighted by molar-refractivity contribution is 6.19. The quantitative estimate of drug-likeness (QED) is 0.199. The standard InChI is InChI=1S/C41H33N3/c1-40(2)33-22-14-13-21-31(33)36-34(41(40,3)4)25-32(30-24-23-26-15-11-12-20-29(26)35(30)36)39-43-37(27-16-7-5-8-17-27)42-38(44-39)28-18-9-6-10-19-28/h5-25H,1-4H3. The number of rotatable bonds is 3. The lowest BCUT2D eigenvalue weighted by atomic mass is 9.54. The van der Waals surface area contributed by atoms with E-state index in [4.69, 9.17) is 15.0 Å². The summed E-state index contributed by atoms with van der Waals surface area (Å²) in [4.78, 5) is 15.3. The van der Waals surface area contributed by atoms with Crippen molar-refractivity contribution in [1.82, 2.24) is 15.0 Å². The Bertz CT molecular complexity index is 2160. The van der Waals surface area contributed by atoms with Crippen LogP contribution in [0.4, 0.5) is 0 Å². The van der Waals surface area contributed by atoms with E-state index in [1.54, 1.807) is 0 Å². The first kappa shape index (κ1) is 26.5. The Kier molecular flexibility index (Phi) is 5.83. The summed E-state index contributed by atoms with van der Waals surface area (Å²) < 4.78 is 0. The molecule has 1 aliphatic rings. The zero-order valence-corrected chi connectivity index (χ0v) is 25.5. The van der Waals surface area contributed by atoms with Crippen LogP contribution in [-0.2, 0) is 10.8 Å². The SMILES string of the molecule is CC1(C)c2ccccc2-c2c(cc(-c3nc(-c4ccccc4)nc(-c4ccccc4)n3)c3ccc4ccccc4c23)C1(C)C. The second kappa shape index (κ2) is 9.68. The van der Waals surface area contributed by atoms with E-state index < -0.39 is 0 Å². The lowest BCUT2D eigenvalue weighted by Gasteiger charge is -2.49. The Labute approximate surface area is 258 Å². The molecule has 0 atom stereocenters. The van der Waals surface area contributed by atoms with Gasteiger partial charge < -0.3 is 0 Å². The molecule has 0 saturated carbocycles. The summed E-state index contributed by atoms with van der Waals surface area (Å²) in [5.41, 5.74) is 8.04. The Morgan fingerprint density at radius 1 is 0.432 bits per heavy atom. The summed E-state index contributed by atoms with van der Waals surface area (Å²) in [6.07, 6.45) is 0. The summed E-state index contributed by atoms with van der Waals surface area (Å²) in [5, 5.41) is 4.88. The average Bonchev–Trinajstić information content (AvgIpc) is 3.07. The van der Waals surface area contributed by atoms with Gasteiger partial charge in [-0.25, -0.2) is 15.0 Å². The van der Waals surface area contributed by atoms with Crippen LogP contribution in [0, 0.1) is 0 Å².